The van der Waals surface area contributed by atoms with E-state index in [1.807, 2.05) is 18.2 Å². The number of rotatable bonds is 4. The van der Waals surface area contributed by atoms with Gasteiger partial charge in [-0.15, -0.1) is 36.2 Å². The largest absolute Gasteiger partial charge is 0.454 e. The molecule has 0 bridgehead atoms. The van der Waals surface area contributed by atoms with Crippen molar-refractivity contribution in [3.05, 3.63) is 40.9 Å². The number of carbonyl (C=O) groups is 1. The molecule has 0 saturated heterocycles. The summed E-state index contributed by atoms with van der Waals surface area (Å²) in [5, 5.41) is 8.77. The van der Waals surface area contributed by atoms with Crippen molar-refractivity contribution in [2.24, 2.45) is 0 Å². The Hall–Kier alpha value is -1.80. The quantitative estimate of drug-likeness (QED) is 0.750. The lowest BCUT2D eigenvalue weighted by atomic mass is 10.1. The zero-order valence-electron chi connectivity index (χ0n) is 13.8. The number of halogens is 2. The number of fused-ring (bicyclic) bond motifs is 1. The number of thiazole rings is 1. The van der Waals surface area contributed by atoms with Gasteiger partial charge in [-0.3, -0.25) is 4.79 Å². The van der Waals surface area contributed by atoms with Gasteiger partial charge in [0.2, 0.25) is 6.79 Å². The fourth-order valence-corrected chi connectivity index (χ4v) is 3.45. The third-order valence-corrected chi connectivity index (χ3v) is 4.88. The number of amides is 1. The van der Waals surface area contributed by atoms with Gasteiger partial charge in [-0.25, -0.2) is 4.98 Å². The van der Waals surface area contributed by atoms with Gasteiger partial charge in [0.05, 0.1) is 0 Å². The van der Waals surface area contributed by atoms with E-state index in [1.54, 1.807) is 5.38 Å². The highest BCUT2D eigenvalue weighted by Gasteiger charge is 2.17. The van der Waals surface area contributed by atoms with Crippen LogP contribution in [-0.2, 0) is 0 Å². The molecule has 2 aromatic rings. The summed E-state index contributed by atoms with van der Waals surface area (Å²) in [5.74, 6) is 1.31. The number of hydrogen-bond donors (Lipinski definition) is 2. The molecule has 0 spiro atoms. The molecular weight excluding hydrogens is 397 g/mol. The third-order valence-electron chi connectivity index (χ3n) is 3.99. The molecule has 6 nitrogen and oxygen atoms in total. The predicted octanol–water partition coefficient (Wildman–Crippen LogP) is 3.03. The Labute approximate surface area is 167 Å². The Kier molecular flexibility index (Phi) is 7.28. The maximum Gasteiger partial charge on any atom is 0.271 e. The van der Waals surface area contributed by atoms with Crippen LogP contribution >= 0.6 is 36.2 Å². The van der Waals surface area contributed by atoms with Crippen LogP contribution in [0.1, 0.15) is 16.9 Å². The minimum atomic E-state index is -0.141. The van der Waals surface area contributed by atoms with Crippen molar-refractivity contribution in [2.75, 3.05) is 26.4 Å². The molecule has 1 amide bonds. The maximum absolute atomic E-state index is 12.3. The topological polar surface area (TPSA) is 72.5 Å². The van der Waals surface area contributed by atoms with Crippen LogP contribution < -0.4 is 20.1 Å². The Balaban J connectivity index is 0.00000121. The molecule has 0 saturated carbocycles. The van der Waals surface area contributed by atoms with Crippen LogP contribution in [0.2, 0.25) is 0 Å². The van der Waals surface area contributed by atoms with E-state index < -0.39 is 0 Å². The Morgan fingerprint density at radius 2 is 2.12 bits per heavy atom. The summed E-state index contributed by atoms with van der Waals surface area (Å²) in [6.07, 6.45) is 3.10. The number of nitrogens with one attached hydrogen (secondary N) is 2. The number of hydrogen-bond acceptors (Lipinski definition) is 6. The van der Waals surface area contributed by atoms with Crippen molar-refractivity contribution in [3.8, 4) is 22.1 Å². The van der Waals surface area contributed by atoms with Crippen LogP contribution in [0.25, 0.3) is 10.6 Å². The smallest absolute Gasteiger partial charge is 0.271 e. The third kappa shape index (κ3) is 4.48. The first-order chi connectivity index (χ1) is 11.8. The highest BCUT2D eigenvalue weighted by atomic mass is 35.5. The Bertz CT molecular complexity index is 810. The van der Waals surface area contributed by atoms with E-state index in [-0.39, 0.29) is 37.5 Å². The van der Waals surface area contributed by atoms with E-state index in [0.29, 0.717) is 18.0 Å². The maximum atomic E-state index is 12.3. The van der Waals surface area contributed by atoms with Crippen molar-refractivity contribution in [2.45, 2.75) is 6.42 Å². The molecule has 0 fully saturated rings. The number of aromatic nitrogens is 1. The molecule has 2 aliphatic heterocycles. The monoisotopic (exact) mass is 415 g/mol. The predicted molar refractivity (Wildman–Crippen MR) is 106 cm³/mol. The molecule has 3 heterocycles. The molecule has 0 atom stereocenters. The van der Waals surface area contributed by atoms with Gasteiger partial charge in [0, 0.05) is 24.0 Å². The molecule has 4 rings (SSSR count). The fourth-order valence-electron chi connectivity index (χ4n) is 2.65. The molecule has 1 aromatic heterocycles. The average molecular weight is 416 g/mol. The zero-order chi connectivity index (χ0) is 16.4. The van der Waals surface area contributed by atoms with Crippen molar-refractivity contribution in [3.63, 3.8) is 0 Å². The summed E-state index contributed by atoms with van der Waals surface area (Å²) in [4.78, 5) is 16.7. The van der Waals surface area contributed by atoms with E-state index in [0.717, 1.165) is 35.8 Å². The second kappa shape index (κ2) is 9.23. The Morgan fingerprint density at radius 1 is 1.27 bits per heavy atom. The Morgan fingerprint density at radius 3 is 2.92 bits per heavy atom. The molecule has 0 unspecified atom stereocenters. The number of carbonyl (C=O) groups excluding carboxylic acids is 1. The first-order valence-corrected chi connectivity index (χ1v) is 8.70. The number of nitrogens with zero attached hydrogens (tertiary/aromatic N) is 1. The van der Waals surface area contributed by atoms with E-state index >= 15 is 0 Å². The van der Waals surface area contributed by atoms with Gasteiger partial charge in [0.1, 0.15) is 10.7 Å². The fraction of sp³-hybridized carbons (Fsp3) is 0.294. The first-order valence-electron chi connectivity index (χ1n) is 7.82. The summed E-state index contributed by atoms with van der Waals surface area (Å²) in [7, 11) is 0. The normalized spacial score (nSPS) is 14.7. The molecule has 1 aromatic carbocycles. The van der Waals surface area contributed by atoms with Crippen molar-refractivity contribution < 1.29 is 14.3 Å². The van der Waals surface area contributed by atoms with Crippen molar-refractivity contribution in [1.82, 2.24) is 15.6 Å². The summed E-state index contributed by atoms with van der Waals surface area (Å²) in [5.41, 5.74) is 2.62. The average Bonchev–Trinajstić information content (AvgIpc) is 3.29. The lowest BCUT2D eigenvalue weighted by Crippen LogP contribution is -2.29. The van der Waals surface area contributed by atoms with E-state index in [2.05, 4.69) is 21.7 Å². The van der Waals surface area contributed by atoms with Gasteiger partial charge in [-0.2, -0.15) is 0 Å². The minimum Gasteiger partial charge on any atom is -0.454 e. The molecule has 140 valence electrons. The molecular formula is C17H19Cl2N3O3S. The van der Waals surface area contributed by atoms with Gasteiger partial charge < -0.3 is 20.1 Å². The van der Waals surface area contributed by atoms with Crippen molar-refractivity contribution in [1.29, 1.82) is 0 Å². The SMILES string of the molecule is Cl.Cl.O=C(NCC1=CCNCC1)c1csc(-c2ccc3c(c2)OCO3)n1. The second-order valence-electron chi connectivity index (χ2n) is 5.61. The van der Waals surface area contributed by atoms with Crippen LogP contribution in [0.5, 0.6) is 11.5 Å². The highest BCUT2D eigenvalue weighted by molar-refractivity contribution is 7.13. The summed E-state index contributed by atoms with van der Waals surface area (Å²) < 4.78 is 10.7. The van der Waals surface area contributed by atoms with Gasteiger partial charge in [-0.1, -0.05) is 11.6 Å². The van der Waals surface area contributed by atoms with Crippen LogP contribution in [0, 0.1) is 0 Å². The minimum absolute atomic E-state index is 0. The van der Waals surface area contributed by atoms with E-state index in [4.69, 9.17) is 9.47 Å². The van der Waals surface area contributed by atoms with Crippen LogP contribution in [0.4, 0.5) is 0 Å². The summed E-state index contributed by atoms with van der Waals surface area (Å²) >= 11 is 1.44. The standard InChI is InChI=1S/C17H17N3O3S.2ClH/c21-16(19-8-11-3-5-18-6-4-11)13-9-24-17(20-13)12-1-2-14-15(7-12)23-10-22-14;;/h1-3,7,9,18H,4-6,8,10H2,(H,19,21);2*1H. The van der Waals surface area contributed by atoms with Crippen molar-refractivity contribution >= 4 is 42.1 Å². The first kappa shape index (κ1) is 20.5. The molecule has 9 heteroatoms. The molecule has 0 aliphatic carbocycles. The second-order valence-corrected chi connectivity index (χ2v) is 6.46. The number of ether oxygens (including phenoxy) is 2. The number of benzene rings is 1. The van der Waals surface area contributed by atoms with Crippen LogP contribution in [0.3, 0.4) is 0 Å². The summed E-state index contributed by atoms with van der Waals surface area (Å²) in [6.45, 7) is 2.66. The molecule has 2 N–H and O–H groups in total. The van der Waals surface area contributed by atoms with E-state index in [1.165, 1.54) is 16.9 Å². The molecule has 0 radical (unpaired) electrons. The van der Waals surface area contributed by atoms with Gasteiger partial charge in [0.15, 0.2) is 11.5 Å². The summed E-state index contributed by atoms with van der Waals surface area (Å²) in [6, 6.07) is 5.68. The lowest BCUT2D eigenvalue weighted by molar-refractivity contribution is 0.0952. The van der Waals surface area contributed by atoms with Crippen LogP contribution in [0.15, 0.2) is 35.2 Å². The van der Waals surface area contributed by atoms with Gasteiger partial charge >= 0.3 is 0 Å². The highest BCUT2D eigenvalue weighted by Crippen LogP contribution is 2.36. The van der Waals surface area contributed by atoms with Gasteiger partial charge in [0.25, 0.3) is 5.91 Å². The lowest BCUT2D eigenvalue weighted by Gasteiger charge is -2.14. The van der Waals surface area contributed by atoms with Crippen LogP contribution in [-0.4, -0.2) is 37.3 Å². The zero-order valence-corrected chi connectivity index (χ0v) is 16.3. The molecule has 26 heavy (non-hydrogen) atoms. The molecule has 2 aliphatic rings. The van der Waals surface area contributed by atoms with Gasteiger partial charge in [-0.05, 0) is 31.2 Å². The van der Waals surface area contributed by atoms with E-state index in [9.17, 15) is 4.79 Å².